The second-order valence-electron chi connectivity index (χ2n) is 3.44. The highest BCUT2D eigenvalue weighted by Crippen LogP contribution is 2.22. The number of nitrogens with zero attached hydrogens (tertiary/aromatic N) is 2. The molecule has 2 rings (SSSR count). The maximum absolute atomic E-state index is 5.75. The fourth-order valence-corrected chi connectivity index (χ4v) is 1.47. The molecule has 3 nitrogen and oxygen atoms in total. The Morgan fingerprint density at radius 3 is 2.93 bits per heavy atom. The van der Waals surface area contributed by atoms with E-state index in [0.717, 1.165) is 22.7 Å². The van der Waals surface area contributed by atoms with Crippen LogP contribution >= 0.6 is 11.6 Å². The molecular weight excluding hydrogens is 200 g/mol. The van der Waals surface area contributed by atoms with Crippen molar-refractivity contribution in [3.05, 3.63) is 23.8 Å². The molecule has 0 saturated carbocycles. The minimum Gasteiger partial charge on any atom is -0.440 e. The lowest BCUT2D eigenvalue weighted by Crippen LogP contribution is -1.88. The van der Waals surface area contributed by atoms with Gasteiger partial charge in [0, 0.05) is 18.2 Å². The van der Waals surface area contributed by atoms with Crippen LogP contribution in [0.1, 0.15) is 31.4 Å². The summed E-state index contributed by atoms with van der Waals surface area (Å²) < 4.78 is 5.56. The molecule has 14 heavy (non-hydrogen) atoms. The lowest BCUT2D eigenvalue weighted by atomic mass is 10.2. The Bertz CT molecular complexity index is 450. The highest BCUT2D eigenvalue weighted by Gasteiger charge is 2.12. The van der Waals surface area contributed by atoms with Gasteiger partial charge < -0.3 is 4.42 Å². The molecule has 2 aromatic rings. The van der Waals surface area contributed by atoms with Gasteiger partial charge in [0.05, 0.1) is 11.6 Å². The Labute approximate surface area is 87.1 Å². The van der Waals surface area contributed by atoms with Crippen LogP contribution in [-0.2, 0) is 5.88 Å². The summed E-state index contributed by atoms with van der Waals surface area (Å²) >= 11 is 5.75. The normalized spacial score (nSPS) is 11.4. The predicted molar refractivity (Wildman–Crippen MR) is 55.5 cm³/mol. The summed E-state index contributed by atoms with van der Waals surface area (Å²) in [5.74, 6) is 1.38. The number of halogens is 1. The molecule has 2 aromatic heterocycles. The van der Waals surface area contributed by atoms with Gasteiger partial charge in [-0.2, -0.15) is 0 Å². The smallest absolute Gasteiger partial charge is 0.198 e. The maximum atomic E-state index is 5.75. The topological polar surface area (TPSA) is 38.9 Å². The average molecular weight is 211 g/mol. The first kappa shape index (κ1) is 9.46. The van der Waals surface area contributed by atoms with Crippen molar-refractivity contribution in [3.8, 4) is 0 Å². The van der Waals surface area contributed by atoms with Gasteiger partial charge in [0.25, 0.3) is 0 Å². The molecule has 4 heteroatoms. The molecule has 0 fully saturated rings. The van der Waals surface area contributed by atoms with Crippen LogP contribution in [0, 0.1) is 0 Å². The molecule has 0 N–H and O–H groups in total. The summed E-state index contributed by atoms with van der Waals surface area (Å²) in [5.41, 5.74) is 2.32. The first-order valence-electron chi connectivity index (χ1n) is 4.52. The number of fused-ring (bicyclic) bond motifs is 1. The zero-order chi connectivity index (χ0) is 10.1. The van der Waals surface area contributed by atoms with E-state index in [4.69, 9.17) is 16.0 Å². The van der Waals surface area contributed by atoms with Gasteiger partial charge in [0.1, 0.15) is 5.52 Å². The summed E-state index contributed by atoms with van der Waals surface area (Å²) in [5, 5.41) is 0. The average Bonchev–Trinajstić information content (AvgIpc) is 2.60. The molecule has 0 aromatic carbocycles. The Balaban J connectivity index is 2.64. The minimum atomic E-state index is 0.283. The molecule has 0 aliphatic heterocycles. The molecule has 74 valence electrons. The van der Waals surface area contributed by atoms with E-state index in [1.807, 2.05) is 19.9 Å². The van der Waals surface area contributed by atoms with Crippen LogP contribution in [0.15, 0.2) is 16.7 Å². The second-order valence-corrected chi connectivity index (χ2v) is 3.71. The SMILES string of the molecule is CC(C)c1nc2c(CCl)nccc2o1. The first-order chi connectivity index (χ1) is 6.72. The van der Waals surface area contributed by atoms with E-state index in [1.165, 1.54) is 0 Å². The molecule has 0 aliphatic rings. The summed E-state index contributed by atoms with van der Waals surface area (Å²) in [6, 6.07) is 1.81. The third kappa shape index (κ3) is 1.48. The van der Waals surface area contributed by atoms with Crippen molar-refractivity contribution in [2.24, 2.45) is 0 Å². The lowest BCUT2D eigenvalue weighted by Gasteiger charge is -1.93. The van der Waals surface area contributed by atoms with Crippen molar-refractivity contribution in [2.45, 2.75) is 25.6 Å². The van der Waals surface area contributed by atoms with Crippen molar-refractivity contribution in [1.29, 1.82) is 0 Å². The van der Waals surface area contributed by atoms with Gasteiger partial charge in [0.15, 0.2) is 11.5 Å². The van der Waals surface area contributed by atoms with E-state index >= 15 is 0 Å². The quantitative estimate of drug-likeness (QED) is 0.715. The molecular formula is C10H11ClN2O. The van der Waals surface area contributed by atoms with Crippen molar-refractivity contribution in [1.82, 2.24) is 9.97 Å². The third-order valence-corrected chi connectivity index (χ3v) is 2.27. The number of aromatic nitrogens is 2. The Kier molecular flexibility index (Phi) is 2.42. The highest BCUT2D eigenvalue weighted by atomic mass is 35.5. The van der Waals surface area contributed by atoms with E-state index in [-0.39, 0.29) is 5.92 Å². The van der Waals surface area contributed by atoms with Crippen molar-refractivity contribution in [3.63, 3.8) is 0 Å². The van der Waals surface area contributed by atoms with Crippen molar-refractivity contribution in [2.75, 3.05) is 0 Å². The molecule has 0 spiro atoms. The van der Waals surface area contributed by atoms with E-state index in [9.17, 15) is 0 Å². The molecule has 2 heterocycles. The lowest BCUT2D eigenvalue weighted by molar-refractivity contribution is 0.501. The van der Waals surface area contributed by atoms with Gasteiger partial charge >= 0.3 is 0 Å². The van der Waals surface area contributed by atoms with Crippen molar-refractivity contribution >= 4 is 22.7 Å². The van der Waals surface area contributed by atoms with Crippen LogP contribution in [0.2, 0.25) is 0 Å². The molecule has 0 amide bonds. The molecule has 0 saturated heterocycles. The van der Waals surface area contributed by atoms with Gasteiger partial charge in [-0.15, -0.1) is 11.6 Å². The molecule has 0 bridgehead atoms. The fourth-order valence-electron chi connectivity index (χ4n) is 1.27. The number of rotatable bonds is 2. The maximum Gasteiger partial charge on any atom is 0.198 e. The third-order valence-electron chi connectivity index (χ3n) is 2.02. The largest absolute Gasteiger partial charge is 0.440 e. The van der Waals surface area contributed by atoms with Crippen LogP contribution < -0.4 is 0 Å². The van der Waals surface area contributed by atoms with Crippen LogP contribution in [0.5, 0.6) is 0 Å². The van der Waals surface area contributed by atoms with Gasteiger partial charge in [0.2, 0.25) is 0 Å². The highest BCUT2D eigenvalue weighted by molar-refractivity contribution is 6.17. The van der Waals surface area contributed by atoms with E-state index in [0.29, 0.717) is 5.88 Å². The van der Waals surface area contributed by atoms with E-state index in [1.54, 1.807) is 6.20 Å². The van der Waals surface area contributed by atoms with Gasteiger partial charge in [-0.3, -0.25) is 4.98 Å². The zero-order valence-corrected chi connectivity index (χ0v) is 8.88. The number of pyridine rings is 1. The van der Waals surface area contributed by atoms with Crippen LogP contribution in [0.4, 0.5) is 0 Å². The molecule has 0 atom stereocenters. The van der Waals surface area contributed by atoms with E-state index in [2.05, 4.69) is 9.97 Å². The second kappa shape index (κ2) is 3.58. The number of hydrogen-bond acceptors (Lipinski definition) is 3. The number of oxazole rings is 1. The standard InChI is InChI=1S/C10H11ClN2O/c1-6(2)10-13-9-7(5-11)12-4-3-8(9)14-10/h3-4,6H,5H2,1-2H3. The van der Waals surface area contributed by atoms with Gasteiger partial charge in [-0.25, -0.2) is 4.98 Å². The Hall–Kier alpha value is -1.09. The predicted octanol–water partition coefficient (Wildman–Crippen LogP) is 3.09. The van der Waals surface area contributed by atoms with Crippen LogP contribution in [0.25, 0.3) is 11.1 Å². The summed E-state index contributed by atoms with van der Waals surface area (Å²) in [4.78, 5) is 8.51. The van der Waals surface area contributed by atoms with Crippen LogP contribution in [-0.4, -0.2) is 9.97 Å². The fraction of sp³-hybridized carbons (Fsp3) is 0.400. The summed E-state index contributed by atoms with van der Waals surface area (Å²) in [7, 11) is 0. The summed E-state index contributed by atoms with van der Waals surface area (Å²) in [6.07, 6.45) is 1.69. The molecule has 0 radical (unpaired) electrons. The number of hydrogen-bond donors (Lipinski definition) is 0. The van der Waals surface area contributed by atoms with Crippen LogP contribution in [0.3, 0.4) is 0 Å². The Morgan fingerprint density at radius 2 is 2.29 bits per heavy atom. The monoisotopic (exact) mass is 210 g/mol. The zero-order valence-electron chi connectivity index (χ0n) is 8.12. The minimum absolute atomic E-state index is 0.283. The summed E-state index contributed by atoms with van der Waals surface area (Å²) in [6.45, 7) is 4.08. The van der Waals surface area contributed by atoms with Gasteiger partial charge in [-0.1, -0.05) is 13.8 Å². The molecule has 0 unspecified atom stereocenters. The number of alkyl halides is 1. The van der Waals surface area contributed by atoms with E-state index < -0.39 is 0 Å². The van der Waals surface area contributed by atoms with Crippen molar-refractivity contribution < 1.29 is 4.42 Å². The Morgan fingerprint density at radius 1 is 1.50 bits per heavy atom. The first-order valence-corrected chi connectivity index (χ1v) is 5.06. The molecule has 0 aliphatic carbocycles. The van der Waals surface area contributed by atoms with Gasteiger partial charge in [-0.05, 0) is 0 Å².